The fraction of sp³-hybridized carbons (Fsp3) is 0.209. The second-order valence-electron chi connectivity index (χ2n) is 14.8. The van der Waals surface area contributed by atoms with Crippen molar-refractivity contribution in [1.29, 1.82) is 0 Å². The molecule has 0 amide bonds. The molecule has 0 saturated heterocycles. The van der Waals surface area contributed by atoms with Gasteiger partial charge in [-0.25, -0.2) is 0 Å². The van der Waals surface area contributed by atoms with E-state index in [-0.39, 0.29) is 25.5 Å². The van der Waals surface area contributed by atoms with Crippen LogP contribution in [0.1, 0.15) is 31.9 Å². The van der Waals surface area contributed by atoms with Crippen molar-refractivity contribution in [1.82, 2.24) is 9.97 Å². The Balaban J connectivity index is 0.000000208. The number of para-hydroxylation sites is 2. The van der Waals surface area contributed by atoms with E-state index in [2.05, 4.69) is 94.8 Å². The Labute approximate surface area is 303 Å². The van der Waals surface area contributed by atoms with Gasteiger partial charge in [0.05, 0.1) is 19.2 Å². The van der Waals surface area contributed by atoms with Crippen LogP contribution in [0, 0.1) is 24.5 Å². The molecule has 0 atom stereocenters. The average molecular weight is 837 g/mol. The molecule has 249 valence electrons. The van der Waals surface area contributed by atoms with Crippen molar-refractivity contribution in [2.75, 3.05) is 0 Å². The number of nitrogens with zero attached hydrogens (tertiary/aromatic N) is 2. The van der Waals surface area contributed by atoms with Crippen LogP contribution < -0.4 is 5.19 Å². The number of hydrogen-bond acceptors (Lipinski definition) is 4. The Morgan fingerprint density at radius 2 is 1.39 bits per heavy atom. The van der Waals surface area contributed by atoms with Crippen molar-refractivity contribution in [2.24, 2.45) is 5.41 Å². The van der Waals surface area contributed by atoms with Crippen LogP contribution in [-0.2, 0) is 26.5 Å². The first kappa shape index (κ1) is 34.5. The van der Waals surface area contributed by atoms with Gasteiger partial charge in [-0.3, -0.25) is 0 Å². The molecule has 0 unspecified atom stereocenters. The minimum Gasteiger partial charge on any atom is -0.501 e. The predicted molar refractivity (Wildman–Crippen MR) is 202 cm³/mol. The molecule has 4 nitrogen and oxygen atoms in total. The first-order valence-electron chi connectivity index (χ1n) is 16.5. The SMILES string of the molecule is C[Si](C)(C)c1ccc(-c2[c-]cccc2)nc1.Cc1cnc(-c2[c-]c3oc4ccccc4c3c3c2oc2ccccc23)cc1CC(C)(C)C.[Ir]. The fourth-order valence-corrected chi connectivity index (χ4v) is 7.25. The van der Waals surface area contributed by atoms with Crippen molar-refractivity contribution in [2.45, 2.75) is 53.8 Å². The molecule has 8 aromatic rings. The fourth-order valence-electron chi connectivity index (χ4n) is 6.22. The number of rotatable bonds is 4. The first-order chi connectivity index (χ1) is 23.0. The standard InChI is InChI=1S/C29H24NO2.C14H16NSi.Ir/c1-17-16-30-22(13-18(17)15-29(2,3)4)21-14-25-26(19-9-5-7-11-23(19)31-25)27-20-10-6-8-12-24(20)32-28(21)27;1-16(2,3)13-9-10-14(15-11-13)12-7-5-4-6-8-12;/h5-13,16H,15H2,1-4H3;4-7,9-11H,1-3H3;/q2*-1;. The van der Waals surface area contributed by atoms with Crippen LogP contribution in [0.3, 0.4) is 0 Å². The third-order valence-corrected chi connectivity index (χ3v) is 10.7. The zero-order valence-corrected chi connectivity index (χ0v) is 32.5. The van der Waals surface area contributed by atoms with Gasteiger partial charge in [0.2, 0.25) is 0 Å². The minimum atomic E-state index is -1.23. The van der Waals surface area contributed by atoms with Crippen molar-refractivity contribution in [3.8, 4) is 22.5 Å². The molecular weight excluding hydrogens is 797 g/mol. The maximum atomic E-state index is 6.42. The number of pyridine rings is 2. The zero-order valence-electron chi connectivity index (χ0n) is 29.1. The van der Waals surface area contributed by atoms with E-state index in [1.165, 1.54) is 16.3 Å². The van der Waals surface area contributed by atoms with Gasteiger partial charge in [0.15, 0.2) is 0 Å². The molecule has 49 heavy (non-hydrogen) atoms. The summed E-state index contributed by atoms with van der Waals surface area (Å²) >= 11 is 0. The molecule has 0 saturated carbocycles. The summed E-state index contributed by atoms with van der Waals surface area (Å²) in [6, 6.07) is 37.5. The van der Waals surface area contributed by atoms with Gasteiger partial charge in [-0.2, -0.15) is 0 Å². The van der Waals surface area contributed by atoms with E-state index in [1.807, 2.05) is 73.1 Å². The second kappa shape index (κ2) is 13.5. The number of hydrogen-bond donors (Lipinski definition) is 0. The van der Waals surface area contributed by atoms with Crippen LogP contribution in [0.5, 0.6) is 0 Å². The maximum Gasteiger partial charge on any atom is 0.123 e. The van der Waals surface area contributed by atoms with Crippen LogP contribution in [0.4, 0.5) is 0 Å². The monoisotopic (exact) mass is 837 g/mol. The van der Waals surface area contributed by atoms with E-state index in [0.29, 0.717) is 0 Å². The summed E-state index contributed by atoms with van der Waals surface area (Å²) in [6.45, 7) is 15.9. The molecule has 0 bridgehead atoms. The Hall–Kier alpha value is -4.35. The van der Waals surface area contributed by atoms with Crippen molar-refractivity contribution in [3.63, 3.8) is 0 Å². The van der Waals surface area contributed by atoms with Crippen molar-refractivity contribution < 1.29 is 28.9 Å². The molecule has 0 N–H and O–H groups in total. The second-order valence-corrected chi connectivity index (χ2v) is 19.9. The molecule has 6 heteroatoms. The summed E-state index contributed by atoms with van der Waals surface area (Å²) in [5.41, 5.74) is 9.71. The van der Waals surface area contributed by atoms with Crippen LogP contribution in [0.25, 0.3) is 66.4 Å². The smallest absolute Gasteiger partial charge is 0.123 e. The molecule has 0 fully saturated rings. The van der Waals surface area contributed by atoms with Gasteiger partial charge in [0.1, 0.15) is 11.2 Å². The summed E-state index contributed by atoms with van der Waals surface area (Å²) in [7, 11) is -1.23. The molecule has 0 aliphatic heterocycles. The number of fused-ring (bicyclic) bond motifs is 7. The van der Waals surface area contributed by atoms with Crippen molar-refractivity contribution in [3.05, 3.63) is 127 Å². The van der Waals surface area contributed by atoms with Crippen LogP contribution in [0.2, 0.25) is 19.6 Å². The third kappa shape index (κ3) is 7.05. The van der Waals surface area contributed by atoms with Gasteiger partial charge in [-0.05, 0) is 69.2 Å². The summed E-state index contributed by atoms with van der Waals surface area (Å²) < 4.78 is 12.7. The average Bonchev–Trinajstić information content (AvgIpc) is 3.63. The quantitative estimate of drug-likeness (QED) is 0.131. The molecule has 0 aliphatic carbocycles. The maximum absolute atomic E-state index is 6.42. The van der Waals surface area contributed by atoms with E-state index in [0.717, 1.165) is 72.8 Å². The Morgan fingerprint density at radius 3 is 2.02 bits per heavy atom. The van der Waals surface area contributed by atoms with Gasteiger partial charge in [0, 0.05) is 37.9 Å². The third-order valence-electron chi connectivity index (χ3n) is 8.71. The molecule has 4 aromatic heterocycles. The summed E-state index contributed by atoms with van der Waals surface area (Å²) in [5.74, 6) is 0. The molecule has 4 aromatic carbocycles. The van der Waals surface area contributed by atoms with Gasteiger partial charge < -0.3 is 18.8 Å². The summed E-state index contributed by atoms with van der Waals surface area (Å²) in [4.78, 5) is 9.31. The van der Waals surface area contributed by atoms with Crippen LogP contribution >= 0.6 is 0 Å². The largest absolute Gasteiger partial charge is 0.501 e. The normalized spacial score (nSPS) is 11.9. The summed E-state index contributed by atoms with van der Waals surface area (Å²) in [5, 5.41) is 5.66. The Kier molecular flexibility index (Phi) is 9.52. The van der Waals surface area contributed by atoms with E-state index in [9.17, 15) is 0 Å². The van der Waals surface area contributed by atoms with Gasteiger partial charge >= 0.3 is 0 Å². The topological polar surface area (TPSA) is 52.1 Å². The van der Waals surface area contributed by atoms with Gasteiger partial charge in [0.25, 0.3) is 0 Å². The molecule has 0 spiro atoms. The minimum absolute atomic E-state index is 0. The van der Waals surface area contributed by atoms with E-state index in [4.69, 9.17) is 13.8 Å². The molecule has 1 radical (unpaired) electrons. The van der Waals surface area contributed by atoms with E-state index < -0.39 is 8.07 Å². The Bertz CT molecular complexity index is 2400. The van der Waals surface area contributed by atoms with Crippen LogP contribution in [-0.4, -0.2) is 18.0 Å². The predicted octanol–water partition coefficient (Wildman–Crippen LogP) is 11.3. The molecule has 8 rings (SSSR count). The van der Waals surface area contributed by atoms with E-state index in [1.54, 1.807) is 0 Å². The van der Waals surface area contributed by atoms with Gasteiger partial charge in [-0.1, -0.05) is 112 Å². The Morgan fingerprint density at radius 1 is 0.735 bits per heavy atom. The van der Waals surface area contributed by atoms with Crippen molar-refractivity contribution >= 4 is 57.1 Å². The number of aromatic nitrogens is 2. The molecule has 0 aliphatic rings. The zero-order chi connectivity index (χ0) is 33.6. The van der Waals surface area contributed by atoms with E-state index >= 15 is 0 Å². The first-order valence-corrected chi connectivity index (χ1v) is 20.0. The number of aryl methyl sites for hydroxylation is 1. The summed E-state index contributed by atoms with van der Waals surface area (Å²) in [6.07, 6.45) is 4.95. The van der Waals surface area contributed by atoms with Crippen LogP contribution in [0.15, 0.2) is 112 Å². The molecule has 4 heterocycles. The van der Waals surface area contributed by atoms with Gasteiger partial charge in [-0.15, -0.1) is 35.9 Å². The number of benzene rings is 4. The molecular formula is C43H40IrN2O2Si-2. The number of furan rings is 2.